The lowest BCUT2D eigenvalue weighted by Crippen LogP contribution is -2.55. The molecule has 154 valence electrons. The van der Waals surface area contributed by atoms with Crippen LogP contribution in [0.3, 0.4) is 0 Å². The van der Waals surface area contributed by atoms with Crippen molar-refractivity contribution in [1.29, 1.82) is 0 Å². The van der Waals surface area contributed by atoms with E-state index in [4.69, 9.17) is 4.84 Å². The summed E-state index contributed by atoms with van der Waals surface area (Å²) >= 11 is 0. The number of aliphatic hydroxyl groups excluding tert-OH is 2. The fourth-order valence-corrected chi connectivity index (χ4v) is 6.72. The Bertz CT molecular complexity index is 785. The van der Waals surface area contributed by atoms with Crippen LogP contribution in [0, 0.1) is 28.6 Å². The van der Waals surface area contributed by atoms with Gasteiger partial charge in [0, 0.05) is 17.3 Å². The first-order valence-electron chi connectivity index (χ1n) is 10.3. The maximum Gasteiger partial charge on any atom is 0.106 e. The third kappa shape index (κ3) is 2.61. The van der Waals surface area contributed by atoms with Gasteiger partial charge in [-0.2, -0.15) is 0 Å². The highest BCUT2D eigenvalue weighted by Gasteiger charge is 2.58. The molecule has 6 heteroatoms. The Kier molecular flexibility index (Phi) is 4.70. The minimum atomic E-state index is -0.720. The van der Waals surface area contributed by atoms with Crippen LogP contribution in [0.25, 0.3) is 0 Å². The topological polar surface area (TPSA) is 94.6 Å². The van der Waals surface area contributed by atoms with Gasteiger partial charge in [0.25, 0.3) is 0 Å². The van der Waals surface area contributed by atoms with Gasteiger partial charge >= 0.3 is 0 Å². The fraction of sp³-hybridized carbons (Fsp3) is 0.727. The van der Waals surface area contributed by atoms with E-state index in [1.807, 2.05) is 6.92 Å². The lowest BCUT2D eigenvalue weighted by atomic mass is 9.48. The van der Waals surface area contributed by atoms with Crippen molar-refractivity contribution >= 4 is 11.4 Å². The van der Waals surface area contributed by atoms with Crippen LogP contribution in [0.2, 0.25) is 0 Å². The third-order valence-electron chi connectivity index (χ3n) is 8.26. The first-order valence-corrected chi connectivity index (χ1v) is 10.3. The van der Waals surface area contributed by atoms with Crippen LogP contribution in [0.15, 0.2) is 33.6 Å². The van der Waals surface area contributed by atoms with Gasteiger partial charge in [0.05, 0.1) is 23.6 Å². The Morgan fingerprint density at radius 3 is 2.64 bits per heavy atom. The van der Waals surface area contributed by atoms with E-state index in [0.717, 1.165) is 30.7 Å². The Labute approximate surface area is 166 Å². The lowest BCUT2D eigenvalue weighted by Gasteiger charge is -2.56. The molecule has 0 heterocycles. The van der Waals surface area contributed by atoms with E-state index in [9.17, 15) is 15.4 Å². The summed E-state index contributed by atoms with van der Waals surface area (Å²) in [5.41, 5.74) is 4.06. The van der Waals surface area contributed by atoms with Gasteiger partial charge in [-0.1, -0.05) is 30.2 Å². The van der Waals surface area contributed by atoms with Crippen molar-refractivity contribution in [3.63, 3.8) is 0 Å². The molecule has 6 nitrogen and oxygen atoms in total. The lowest BCUT2D eigenvalue weighted by molar-refractivity contribution is -0.0831. The Morgan fingerprint density at radius 2 is 1.96 bits per heavy atom. The van der Waals surface area contributed by atoms with Crippen LogP contribution in [-0.2, 0) is 4.84 Å². The molecule has 2 saturated carbocycles. The highest BCUT2D eigenvalue weighted by atomic mass is 16.6. The van der Waals surface area contributed by atoms with Crippen LogP contribution in [0.5, 0.6) is 0 Å². The van der Waals surface area contributed by atoms with E-state index >= 15 is 0 Å². The molecule has 4 aliphatic rings. The number of oxime groups is 2. The van der Waals surface area contributed by atoms with Gasteiger partial charge in [-0.25, -0.2) is 0 Å². The highest BCUT2D eigenvalue weighted by Crippen LogP contribution is 2.63. The first kappa shape index (κ1) is 19.6. The van der Waals surface area contributed by atoms with Crippen LogP contribution in [0.1, 0.15) is 52.9 Å². The molecule has 28 heavy (non-hydrogen) atoms. The summed E-state index contributed by atoms with van der Waals surface area (Å²) in [7, 11) is 1.56. The van der Waals surface area contributed by atoms with Gasteiger partial charge in [0.2, 0.25) is 0 Å². The van der Waals surface area contributed by atoms with Crippen molar-refractivity contribution in [2.75, 3.05) is 7.11 Å². The van der Waals surface area contributed by atoms with E-state index in [1.165, 1.54) is 11.1 Å². The predicted octanol–water partition coefficient (Wildman–Crippen LogP) is 3.28. The van der Waals surface area contributed by atoms with Crippen LogP contribution >= 0.6 is 0 Å². The van der Waals surface area contributed by atoms with E-state index in [2.05, 4.69) is 36.3 Å². The molecular formula is C22H32N2O4. The van der Waals surface area contributed by atoms with Gasteiger partial charge in [-0.05, 0) is 67.6 Å². The Balaban J connectivity index is 1.80. The summed E-state index contributed by atoms with van der Waals surface area (Å²) in [6, 6.07) is 0. The summed E-state index contributed by atoms with van der Waals surface area (Å²) in [6.07, 6.45) is 7.05. The number of rotatable bonds is 2. The van der Waals surface area contributed by atoms with E-state index in [-0.39, 0.29) is 22.7 Å². The van der Waals surface area contributed by atoms with Crippen molar-refractivity contribution in [3.05, 3.63) is 23.3 Å². The molecule has 5 unspecified atom stereocenters. The first-order chi connectivity index (χ1) is 13.3. The average Bonchev–Trinajstić information content (AvgIpc) is 3.01. The van der Waals surface area contributed by atoms with Gasteiger partial charge in [-0.3, -0.25) is 0 Å². The zero-order valence-electron chi connectivity index (χ0n) is 17.2. The predicted molar refractivity (Wildman–Crippen MR) is 107 cm³/mol. The molecule has 4 rings (SSSR count). The molecule has 0 radical (unpaired) electrons. The third-order valence-corrected chi connectivity index (χ3v) is 8.26. The monoisotopic (exact) mass is 388 g/mol. The average molecular weight is 389 g/mol. The van der Waals surface area contributed by atoms with Crippen molar-refractivity contribution in [2.24, 2.45) is 38.9 Å². The summed E-state index contributed by atoms with van der Waals surface area (Å²) in [5, 5.41) is 38.0. The van der Waals surface area contributed by atoms with Crippen molar-refractivity contribution < 1.29 is 20.3 Å². The second-order valence-corrected chi connectivity index (χ2v) is 9.59. The summed E-state index contributed by atoms with van der Waals surface area (Å²) in [4.78, 5) is 5.16. The quantitative estimate of drug-likeness (QED) is 0.384. The second-order valence-electron chi connectivity index (χ2n) is 9.59. The van der Waals surface area contributed by atoms with E-state index < -0.39 is 12.2 Å². The molecule has 0 aromatic rings. The number of nitrogens with zero attached hydrogens (tertiary/aromatic N) is 2. The number of hydrogen-bond acceptors (Lipinski definition) is 6. The summed E-state index contributed by atoms with van der Waals surface area (Å²) in [6.45, 7) is 6.43. The van der Waals surface area contributed by atoms with Crippen molar-refractivity contribution in [1.82, 2.24) is 0 Å². The Hall–Kier alpha value is -1.66. The summed E-state index contributed by atoms with van der Waals surface area (Å²) < 4.78 is 0. The maximum atomic E-state index is 10.5. The van der Waals surface area contributed by atoms with Crippen LogP contribution in [-0.4, -0.2) is 46.2 Å². The molecule has 0 aliphatic heterocycles. The second kappa shape index (κ2) is 6.70. The molecule has 4 aliphatic carbocycles. The van der Waals surface area contributed by atoms with Crippen molar-refractivity contribution in [3.8, 4) is 0 Å². The number of aliphatic hydroxyl groups is 2. The minimum absolute atomic E-state index is 0.0488. The molecule has 2 fully saturated rings. The molecule has 0 bridgehead atoms. The molecule has 3 N–H and O–H groups in total. The smallest absolute Gasteiger partial charge is 0.106 e. The van der Waals surface area contributed by atoms with Gasteiger partial charge < -0.3 is 20.3 Å². The normalized spacial score (nSPS) is 47.0. The SMILES string of the molecule is CO/N=C1/C=C2C3=CCC(/C(C)=N\O)C3(C)CCC2[C@@]2(C)CC(O)C(O)C[C@@H]12. The highest BCUT2D eigenvalue weighted by molar-refractivity contribution is 6.00. The Morgan fingerprint density at radius 1 is 1.21 bits per heavy atom. The van der Waals surface area contributed by atoms with Gasteiger partial charge in [0.15, 0.2) is 0 Å². The van der Waals surface area contributed by atoms with Crippen LogP contribution in [0.4, 0.5) is 0 Å². The largest absolute Gasteiger partial charge is 0.411 e. The molecule has 0 spiro atoms. The molecule has 0 aromatic carbocycles. The minimum Gasteiger partial charge on any atom is -0.411 e. The zero-order chi connectivity index (χ0) is 20.3. The molecular weight excluding hydrogens is 356 g/mol. The number of hydrogen-bond donors (Lipinski definition) is 3. The number of allylic oxidation sites excluding steroid dienone is 4. The van der Waals surface area contributed by atoms with E-state index in [1.54, 1.807) is 7.11 Å². The maximum absolute atomic E-state index is 10.5. The zero-order valence-corrected chi connectivity index (χ0v) is 17.2. The van der Waals surface area contributed by atoms with Gasteiger partial charge in [0.1, 0.15) is 7.11 Å². The molecule has 0 amide bonds. The van der Waals surface area contributed by atoms with E-state index in [0.29, 0.717) is 18.8 Å². The van der Waals surface area contributed by atoms with Crippen molar-refractivity contribution in [2.45, 2.75) is 65.1 Å². The molecule has 7 atom stereocenters. The standard InChI is InChI=1S/C22H32N2O4/c1-12(23-27)14-5-6-15-13-9-18(24-28-4)17-10-19(25)20(26)11-22(17,3)16(13)7-8-21(14,15)2/h6,9,14,16-17,19-20,25-27H,5,7-8,10-11H2,1-4H3/b23-12-,24-18-/t14?,16?,17-,19?,20?,21?,22+/m0/s1. The van der Waals surface area contributed by atoms with Crippen LogP contribution < -0.4 is 0 Å². The molecule has 0 aromatic heterocycles. The molecule has 0 saturated heterocycles. The van der Waals surface area contributed by atoms with Gasteiger partial charge in [-0.15, -0.1) is 0 Å². The summed E-state index contributed by atoms with van der Waals surface area (Å²) in [5.74, 6) is 0.601. The fourth-order valence-electron chi connectivity index (χ4n) is 6.72. The number of fused-ring (bicyclic) bond motifs is 5.